The van der Waals surface area contributed by atoms with Gasteiger partial charge in [-0.05, 0) is 6.92 Å². The molecule has 0 aliphatic carbocycles. The second kappa shape index (κ2) is 4.82. The van der Waals surface area contributed by atoms with Crippen molar-refractivity contribution in [2.45, 2.75) is 26.3 Å². The molecule has 0 aliphatic rings. The Bertz CT molecular complexity index is 405. The van der Waals surface area contributed by atoms with Crippen molar-refractivity contribution in [3.63, 3.8) is 0 Å². The predicted molar refractivity (Wildman–Crippen MR) is 46.5 cm³/mol. The maximum atomic E-state index is 12.6. The van der Waals surface area contributed by atoms with Gasteiger partial charge >= 0.3 is 6.36 Å². The fraction of sp³-hybridized carbons (Fsp3) is 0.444. The Labute approximate surface area is 92.8 Å². The van der Waals surface area contributed by atoms with E-state index < -0.39 is 36.3 Å². The van der Waals surface area contributed by atoms with Crippen LogP contribution in [0.2, 0.25) is 0 Å². The molecule has 8 heteroatoms. The van der Waals surface area contributed by atoms with Gasteiger partial charge in [-0.15, -0.1) is 13.2 Å². The Morgan fingerprint density at radius 1 is 1.41 bits per heavy atom. The van der Waals surface area contributed by atoms with E-state index in [-0.39, 0.29) is 5.69 Å². The molecule has 0 atom stereocenters. The van der Waals surface area contributed by atoms with Crippen LogP contribution in [0.4, 0.5) is 22.0 Å². The molecule has 0 amide bonds. The lowest BCUT2D eigenvalue weighted by atomic mass is 10.1. The van der Waals surface area contributed by atoms with Crippen LogP contribution in [-0.2, 0) is 6.61 Å². The monoisotopic (exact) mass is 257 g/mol. The van der Waals surface area contributed by atoms with E-state index in [1.165, 1.54) is 0 Å². The number of pyridine rings is 1. The van der Waals surface area contributed by atoms with Crippen molar-refractivity contribution in [1.29, 1.82) is 0 Å². The van der Waals surface area contributed by atoms with E-state index in [0.29, 0.717) is 0 Å². The van der Waals surface area contributed by atoms with Crippen LogP contribution < -0.4 is 4.74 Å². The minimum atomic E-state index is -5.09. The van der Waals surface area contributed by atoms with Gasteiger partial charge in [0.1, 0.15) is 0 Å². The van der Waals surface area contributed by atoms with Crippen molar-refractivity contribution in [2.24, 2.45) is 0 Å². The first-order valence-corrected chi connectivity index (χ1v) is 4.39. The molecule has 0 aliphatic heterocycles. The van der Waals surface area contributed by atoms with Crippen LogP contribution >= 0.6 is 0 Å². The Morgan fingerprint density at radius 2 is 2.00 bits per heavy atom. The average molecular weight is 257 g/mol. The smallest absolute Gasteiger partial charge is 0.403 e. The molecule has 0 bridgehead atoms. The summed E-state index contributed by atoms with van der Waals surface area (Å²) in [6.45, 7) is 0.259. The molecule has 0 fully saturated rings. The van der Waals surface area contributed by atoms with Gasteiger partial charge in [0, 0.05) is 11.8 Å². The molecule has 96 valence electrons. The fourth-order valence-corrected chi connectivity index (χ4v) is 1.25. The summed E-state index contributed by atoms with van der Waals surface area (Å²) in [6, 6.07) is 0. The molecular weight excluding hydrogens is 249 g/mol. The maximum absolute atomic E-state index is 12.6. The van der Waals surface area contributed by atoms with E-state index in [0.717, 1.165) is 13.1 Å². The van der Waals surface area contributed by atoms with Gasteiger partial charge < -0.3 is 9.84 Å². The summed E-state index contributed by atoms with van der Waals surface area (Å²) in [5, 5.41) is 8.77. The van der Waals surface area contributed by atoms with Gasteiger partial charge in [-0.25, -0.2) is 8.78 Å². The minimum Gasteiger partial charge on any atom is -0.403 e. The predicted octanol–water partition coefficient (Wildman–Crippen LogP) is 2.72. The van der Waals surface area contributed by atoms with Crippen molar-refractivity contribution < 1.29 is 31.8 Å². The van der Waals surface area contributed by atoms with Gasteiger partial charge in [0.05, 0.1) is 17.9 Å². The molecule has 3 nitrogen and oxygen atoms in total. The SMILES string of the molecule is Cc1ncc(CO)c(C(F)F)c1OC(F)(F)F. The van der Waals surface area contributed by atoms with E-state index >= 15 is 0 Å². The van der Waals surface area contributed by atoms with Gasteiger partial charge in [0.15, 0.2) is 5.75 Å². The van der Waals surface area contributed by atoms with Crippen molar-refractivity contribution >= 4 is 0 Å². The van der Waals surface area contributed by atoms with E-state index in [4.69, 9.17) is 5.11 Å². The molecule has 1 N–H and O–H groups in total. The highest BCUT2D eigenvalue weighted by Gasteiger charge is 2.35. The summed E-state index contributed by atoms with van der Waals surface area (Å²) in [5.74, 6) is -1.06. The molecule has 0 radical (unpaired) electrons. The van der Waals surface area contributed by atoms with Gasteiger partial charge in [-0.1, -0.05) is 0 Å². The lowest BCUT2D eigenvalue weighted by Crippen LogP contribution is -2.20. The van der Waals surface area contributed by atoms with Gasteiger partial charge in [0.25, 0.3) is 6.43 Å². The van der Waals surface area contributed by atoms with Crippen molar-refractivity contribution in [3.8, 4) is 5.75 Å². The van der Waals surface area contributed by atoms with E-state index in [1.807, 2.05) is 0 Å². The highest BCUT2D eigenvalue weighted by atomic mass is 19.4. The summed E-state index contributed by atoms with van der Waals surface area (Å²) in [4.78, 5) is 3.46. The molecule has 1 aromatic heterocycles. The zero-order chi connectivity index (χ0) is 13.2. The van der Waals surface area contributed by atoms with Crippen LogP contribution in [-0.4, -0.2) is 16.5 Å². The molecule has 1 aromatic rings. The first-order chi connectivity index (χ1) is 7.76. The Kier molecular flexibility index (Phi) is 3.87. The normalized spacial score (nSPS) is 12.0. The number of halogens is 5. The van der Waals surface area contributed by atoms with E-state index in [2.05, 4.69) is 9.72 Å². The van der Waals surface area contributed by atoms with Gasteiger partial charge in [-0.3, -0.25) is 4.98 Å². The summed E-state index contributed by atoms with van der Waals surface area (Å²) >= 11 is 0. The van der Waals surface area contributed by atoms with Gasteiger partial charge in [-0.2, -0.15) is 0 Å². The van der Waals surface area contributed by atoms with E-state index in [9.17, 15) is 22.0 Å². The number of aryl methyl sites for hydroxylation is 1. The number of rotatable bonds is 3. The van der Waals surface area contributed by atoms with Crippen LogP contribution in [0.1, 0.15) is 23.2 Å². The van der Waals surface area contributed by atoms with Crippen LogP contribution in [0, 0.1) is 6.92 Å². The standard InChI is InChI=1S/C9H8F5NO2/c1-4-7(17-9(12,13)14)6(8(10)11)5(3-16)2-15-4/h2,8,16H,3H2,1H3. The second-order valence-electron chi connectivity index (χ2n) is 3.12. The molecular formula is C9H8F5NO2. The lowest BCUT2D eigenvalue weighted by Gasteiger charge is -2.16. The largest absolute Gasteiger partial charge is 0.573 e. The molecule has 0 aromatic carbocycles. The molecule has 17 heavy (non-hydrogen) atoms. The zero-order valence-corrected chi connectivity index (χ0v) is 8.55. The first kappa shape index (κ1) is 13.6. The zero-order valence-electron chi connectivity index (χ0n) is 8.55. The van der Waals surface area contributed by atoms with Gasteiger partial charge in [0.2, 0.25) is 0 Å². The average Bonchev–Trinajstić information content (AvgIpc) is 2.18. The Balaban J connectivity index is 3.34. The number of aliphatic hydroxyl groups is 1. The van der Waals surface area contributed by atoms with Crippen LogP contribution in [0.5, 0.6) is 5.75 Å². The number of aliphatic hydroxyl groups excluding tert-OH is 1. The Hall–Kier alpha value is -1.44. The highest BCUT2D eigenvalue weighted by Crippen LogP contribution is 2.36. The number of alkyl halides is 5. The first-order valence-electron chi connectivity index (χ1n) is 4.39. The van der Waals surface area contributed by atoms with Crippen molar-refractivity contribution in [2.75, 3.05) is 0 Å². The third kappa shape index (κ3) is 3.26. The number of hydrogen-bond acceptors (Lipinski definition) is 3. The summed E-state index contributed by atoms with van der Waals surface area (Å²) in [6.07, 6.45) is -7.40. The third-order valence-corrected chi connectivity index (χ3v) is 1.94. The molecule has 1 rings (SSSR count). The summed E-state index contributed by atoms with van der Waals surface area (Å²) in [5.41, 5.74) is -1.71. The van der Waals surface area contributed by atoms with Crippen molar-refractivity contribution in [3.05, 3.63) is 23.0 Å². The summed E-state index contributed by atoms with van der Waals surface area (Å²) < 4.78 is 64.9. The Morgan fingerprint density at radius 3 is 2.41 bits per heavy atom. The highest BCUT2D eigenvalue weighted by molar-refractivity contribution is 5.42. The second-order valence-corrected chi connectivity index (χ2v) is 3.12. The van der Waals surface area contributed by atoms with E-state index in [1.54, 1.807) is 0 Å². The molecule has 0 spiro atoms. The van der Waals surface area contributed by atoms with Crippen molar-refractivity contribution in [1.82, 2.24) is 4.98 Å². The molecule has 0 unspecified atom stereocenters. The molecule has 0 saturated heterocycles. The number of hydrogen-bond donors (Lipinski definition) is 1. The van der Waals surface area contributed by atoms with Crippen LogP contribution in [0.15, 0.2) is 6.20 Å². The molecule has 1 heterocycles. The lowest BCUT2D eigenvalue weighted by molar-refractivity contribution is -0.275. The molecule has 0 saturated carbocycles. The number of nitrogens with zero attached hydrogens (tertiary/aromatic N) is 1. The number of aromatic nitrogens is 1. The quantitative estimate of drug-likeness (QED) is 0.846. The maximum Gasteiger partial charge on any atom is 0.573 e. The number of ether oxygens (including phenoxy) is 1. The van der Waals surface area contributed by atoms with Crippen LogP contribution in [0.25, 0.3) is 0 Å². The topological polar surface area (TPSA) is 42.4 Å². The summed E-state index contributed by atoms with van der Waals surface area (Å²) in [7, 11) is 0. The van der Waals surface area contributed by atoms with Crippen LogP contribution in [0.3, 0.4) is 0 Å². The minimum absolute atomic E-state index is 0.324. The third-order valence-electron chi connectivity index (χ3n) is 1.94. The fourth-order valence-electron chi connectivity index (χ4n) is 1.25.